The van der Waals surface area contributed by atoms with Crippen molar-refractivity contribution in [2.75, 3.05) is 0 Å². The smallest absolute Gasteiger partial charge is 1.00 e. The minimum Gasteiger partial charge on any atom is -1.00 e. The molecule has 1 aromatic carbocycles. The Hall–Kier alpha value is 0.501. The minimum absolute atomic E-state index is 0. The molecule has 2 atom stereocenters. The van der Waals surface area contributed by atoms with Crippen LogP contribution in [-0.2, 0) is 34.6 Å². The number of hydrogen-bond acceptors (Lipinski definition) is 0. The Morgan fingerprint density at radius 1 is 0.605 bits per heavy atom. The van der Waals surface area contributed by atoms with Crippen molar-refractivity contribution >= 4 is 13.3 Å². The maximum Gasteiger partial charge on any atom is 4.00 e. The fourth-order valence-corrected chi connectivity index (χ4v) is 11.8. The first-order valence-electron chi connectivity index (χ1n) is 17.2. The summed E-state index contributed by atoms with van der Waals surface area (Å²) in [4.78, 5) is 0. The van der Waals surface area contributed by atoms with Crippen molar-refractivity contribution in [3.8, 4) is 0 Å². The van der Waals surface area contributed by atoms with Crippen LogP contribution in [0, 0.1) is 6.08 Å². The van der Waals surface area contributed by atoms with Crippen LogP contribution >= 0.6 is 0 Å². The second kappa shape index (κ2) is 25.6. The summed E-state index contributed by atoms with van der Waals surface area (Å²) in [6.07, 6.45) is 29.3. The van der Waals surface area contributed by atoms with Crippen molar-refractivity contribution < 1.29 is 58.9 Å². The van der Waals surface area contributed by atoms with Gasteiger partial charge in [0.15, 0.2) is 0 Å². The van der Waals surface area contributed by atoms with Gasteiger partial charge in [-0.25, -0.2) is 5.57 Å². The Kier molecular flexibility index (Phi) is 28.5. The van der Waals surface area contributed by atoms with Gasteiger partial charge in [-0.15, -0.1) is 6.92 Å². The van der Waals surface area contributed by atoms with Crippen LogP contribution in [0.3, 0.4) is 0 Å². The van der Waals surface area contributed by atoms with E-state index in [4.69, 9.17) is 0 Å². The summed E-state index contributed by atoms with van der Waals surface area (Å²) in [6, 6.07) is 8.99. The van der Waals surface area contributed by atoms with Crippen molar-refractivity contribution in [3.63, 3.8) is 0 Å². The van der Waals surface area contributed by atoms with Crippen LogP contribution in [0.25, 0.3) is 0 Å². The molecule has 0 saturated heterocycles. The molecule has 2 unspecified atom stereocenters. The summed E-state index contributed by atoms with van der Waals surface area (Å²) >= 11 is 0. The largest absolute Gasteiger partial charge is 4.00 e. The van der Waals surface area contributed by atoms with Gasteiger partial charge in [-0.05, 0) is 24.0 Å². The summed E-state index contributed by atoms with van der Waals surface area (Å²) in [5, 5.41) is 1.78. The van der Waals surface area contributed by atoms with Gasteiger partial charge in [-0.1, -0.05) is 185 Å². The molecule has 0 N–H and O–H groups in total. The van der Waals surface area contributed by atoms with Gasteiger partial charge < -0.3 is 37.2 Å². The molecule has 0 saturated carbocycles. The van der Waals surface area contributed by atoms with E-state index in [2.05, 4.69) is 79.3 Å². The zero-order valence-electron chi connectivity index (χ0n) is 29.3. The molecular formula is C38H65Cl3SiTi. The van der Waals surface area contributed by atoms with E-state index in [1.807, 2.05) is 0 Å². The maximum atomic E-state index is 4.05. The van der Waals surface area contributed by atoms with E-state index in [0.29, 0.717) is 0 Å². The van der Waals surface area contributed by atoms with Crippen LogP contribution in [0.4, 0.5) is 0 Å². The van der Waals surface area contributed by atoms with Crippen LogP contribution in [0.2, 0.25) is 17.6 Å². The van der Waals surface area contributed by atoms with Gasteiger partial charge in [-0.3, -0.25) is 6.08 Å². The van der Waals surface area contributed by atoms with Crippen molar-refractivity contribution in [2.45, 2.75) is 182 Å². The number of unbranched alkanes of at least 4 members (excludes halogenated alkanes) is 15. The zero-order chi connectivity index (χ0) is 28.7. The summed E-state index contributed by atoms with van der Waals surface area (Å²) in [7, 11) is -1.86. The predicted octanol–water partition coefficient (Wildman–Crippen LogP) is 3.23. The molecule has 0 radical (unpaired) electrons. The molecule has 43 heavy (non-hydrogen) atoms. The summed E-state index contributed by atoms with van der Waals surface area (Å²) in [6.45, 7) is 19.2. The Morgan fingerprint density at radius 2 is 0.977 bits per heavy atom. The fraction of sp³-hybridized carbons (Fsp3) is 0.737. The van der Waals surface area contributed by atoms with Gasteiger partial charge in [0.2, 0.25) is 0 Å². The topological polar surface area (TPSA) is 0 Å². The Labute approximate surface area is 304 Å². The third-order valence-corrected chi connectivity index (χ3v) is 16.1. The SMILES string of the molecule is CCCCCCCCCCCCCCCCCC[Si](C)(c1cc(CC)cc(CC)c1)C1(C)[C-]=C(C)C(C)=C1C.[Cl-].[Cl-].[Cl-].[Ti+4]. The first kappa shape index (κ1) is 47.9. The number of rotatable bonds is 21. The van der Waals surface area contributed by atoms with Crippen molar-refractivity contribution in [1.29, 1.82) is 0 Å². The average molecular weight is 704 g/mol. The number of halogens is 3. The van der Waals surface area contributed by atoms with Crippen molar-refractivity contribution in [3.05, 3.63) is 52.1 Å². The molecule has 1 aliphatic carbocycles. The van der Waals surface area contributed by atoms with E-state index in [9.17, 15) is 0 Å². The number of allylic oxidation sites excluding steroid dienone is 4. The second-order valence-corrected chi connectivity index (χ2v) is 18.0. The first-order valence-corrected chi connectivity index (χ1v) is 19.9. The second-order valence-electron chi connectivity index (χ2n) is 13.3. The summed E-state index contributed by atoms with van der Waals surface area (Å²) in [5.74, 6) is 0. The fourth-order valence-electron chi connectivity index (χ4n) is 6.97. The van der Waals surface area contributed by atoms with Crippen LogP contribution < -0.4 is 42.4 Å². The molecule has 0 aliphatic heterocycles. The molecule has 1 aromatic rings. The van der Waals surface area contributed by atoms with Crippen LogP contribution in [-0.4, -0.2) is 8.07 Å². The Balaban J connectivity index is -0.00000400. The Morgan fingerprint density at radius 3 is 1.30 bits per heavy atom. The van der Waals surface area contributed by atoms with Gasteiger partial charge in [0.05, 0.1) is 8.07 Å². The molecule has 0 bridgehead atoms. The number of aryl methyl sites for hydroxylation is 2. The predicted molar refractivity (Wildman–Crippen MR) is 180 cm³/mol. The van der Waals surface area contributed by atoms with E-state index >= 15 is 0 Å². The standard InChI is InChI=1S/C38H65Si.3ClH.Ti/c1-9-12-13-14-15-16-17-18-19-20-21-22-23-24-25-26-27-39(8,38(7)31-32(4)33(5)34(38)6)37-29-35(10-2)28-36(11-3)30-37;;;;/h28-30H,9-27H2,1-8H3;3*1H;/q-1;;;;+4/p-3. The molecular weight excluding hydrogens is 639 g/mol. The van der Waals surface area contributed by atoms with Gasteiger partial charge >= 0.3 is 21.7 Å². The first-order chi connectivity index (χ1) is 18.7. The molecule has 1 aliphatic rings. The molecule has 246 valence electrons. The van der Waals surface area contributed by atoms with Gasteiger partial charge in [0, 0.05) is 0 Å². The quantitative estimate of drug-likeness (QED) is 0.105. The van der Waals surface area contributed by atoms with Crippen LogP contribution in [0.15, 0.2) is 34.9 Å². The summed E-state index contributed by atoms with van der Waals surface area (Å²) < 4.78 is 0. The zero-order valence-corrected chi connectivity index (χ0v) is 34.1. The average Bonchev–Trinajstić information content (AvgIpc) is 3.15. The van der Waals surface area contributed by atoms with Gasteiger partial charge in [0.1, 0.15) is 0 Å². The van der Waals surface area contributed by atoms with E-state index < -0.39 is 8.07 Å². The molecule has 0 spiro atoms. The molecule has 2 rings (SSSR count). The van der Waals surface area contributed by atoms with Crippen molar-refractivity contribution in [2.24, 2.45) is 0 Å². The molecule has 0 fully saturated rings. The van der Waals surface area contributed by atoms with E-state index in [1.54, 1.807) is 10.8 Å². The molecule has 0 nitrogen and oxygen atoms in total. The normalized spacial score (nSPS) is 17.3. The molecule has 0 aromatic heterocycles. The van der Waals surface area contributed by atoms with Crippen LogP contribution in [0.1, 0.15) is 162 Å². The van der Waals surface area contributed by atoms with Gasteiger partial charge in [-0.2, -0.15) is 11.1 Å². The monoisotopic (exact) mass is 702 g/mol. The third kappa shape index (κ3) is 14.4. The van der Waals surface area contributed by atoms with Crippen molar-refractivity contribution in [1.82, 2.24) is 0 Å². The van der Waals surface area contributed by atoms with Crippen LogP contribution in [0.5, 0.6) is 0 Å². The minimum atomic E-state index is -1.86. The van der Waals surface area contributed by atoms with E-state index in [1.165, 1.54) is 131 Å². The molecule has 0 amide bonds. The third-order valence-electron chi connectivity index (χ3n) is 10.5. The summed E-state index contributed by atoms with van der Waals surface area (Å²) in [5.41, 5.74) is 7.52. The molecule has 5 heteroatoms. The molecule has 0 heterocycles. The maximum absolute atomic E-state index is 4.05. The number of hydrogen-bond donors (Lipinski definition) is 0. The Bertz CT molecular complexity index is 906. The number of benzene rings is 1. The van der Waals surface area contributed by atoms with E-state index in [0.717, 1.165) is 12.8 Å². The van der Waals surface area contributed by atoms with E-state index in [-0.39, 0.29) is 64.0 Å². The van der Waals surface area contributed by atoms with Gasteiger partial charge in [0.25, 0.3) is 0 Å².